The van der Waals surface area contributed by atoms with Gasteiger partial charge in [0.25, 0.3) is 0 Å². The van der Waals surface area contributed by atoms with Crippen LogP contribution in [0.25, 0.3) is 0 Å². The highest BCUT2D eigenvalue weighted by Gasteiger charge is 2.12. The zero-order valence-corrected chi connectivity index (χ0v) is 12.4. The van der Waals surface area contributed by atoms with Gasteiger partial charge in [-0.3, -0.25) is 4.68 Å². The van der Waals surface area contributed by atoms with Crippen LogP contribution in [0.1, 0.15) is 42.1 Å². The lowest BCUT2D eigenvalue weighted by Gasteiger charge is -2.10. The quantitative estimate of drug-likeness (QED) is 0.925. The van der Waals surface area contributed by atoms with Gasteiger partial charge in [0.1, 0.15) is 6.07 Å². The summed E-state index contributed by atoms with van der Waals surface area (Å²) < 4.78 is 1.84. The number of hydrogen-bond donors (Lipinski definition) is 1. The van der Waals surface area contributed by atoms with Crippen LogP contribution in [0, 0.1) is 18.3 Å². The van der Waals surface area contributed by atoms with Gasteiger partial charge >= 0.3 is 0 Å². The van der Waals surface area contributed by atoms with E-state index in [9.17, 15) is 5.26 Å². The summed E-state index contributed by atoms with van der Waals surface area (Å²) in [6.07, 6.45) is 2.03. The first-order valence-electron chi connectivity index (χ1n) is 6.79. The molecule has 0 spiro atoms. The molecule has 20 heavy (non-hydrogen) atoms. The van der Waals surface area contributed by atoms with Gasteiger partial charge in [-0.2, -0.15) is 10.4 Å². The number of nitrogens with one attached hydrogen (secondary N) is 1. The number of benzene rings is 1. The molecule has 0 amide bonds. The number of nitriles is 1. The van der Waals surface area contributed by atoms with E-state index >= 15 is 0 Å². The molecule has 2 rings (SSSR count). The third-order valence-electron chi connectivity index (χ3n) is 3.34. The second kappa shape index (κ2) is 5.79. The molecule has 4 nitrogen and oxygen atoms in total. The first kappa shape index (κ1) is 14.1. The van der Waals surface area contributed by atoms with Crippen molar-refractivity contribution in [2.45, 2.75) is 33.2 Å². The number of aromatic nitrogens is 2. The smallest absolute Gasteiger partial charge is 0.102 e. The summed E-state index contributed by atoms with van der Waals surface area (Å²) in [4.78, 5) is 0. The lowest BCUT2D eigenvalue weighted by atomic mass is 10.1. The molecule has 0 radical (unpaired) electrons. The summed E-state index contributed by atoms with van der Waals surface area (Å²) in [6, 6.07) is 8.12. The van der Waals surface area contributed by atoms with Crippen LogP contribution in [0.15, 0.2) is 24.4 Å². The highest BCUT2D eigenvalue weighted by Crippen LogP contribution is 2.22. The minimum atomic E-state index is 0.390. The van der Waals surface area contributed by atoms with Crippen LogP contribution in [0.4, 0.5) is 5.69 Å². The highest BCUT2D eigenvalue weighted by molar-refractivity contribution is 5.60. The highest BCUT2D eigenvalue weighted by atomic mass is 15.3. The van der Waals surface area contributed by atoms with Crippen molar-refractivity contribution in [3.05, 3.63) is 46.8 Å². The molecule has 0 saturated heterocycles. The van der Waals surface area contributed by atoms with Crippen molar-refractivity contribution in [3.63, 3.8) is 0 Å². The summed E-state index contributed by atoms with van der Waals surface area (Å²) in [6.45, 7) is 6.91. The minimum Gasteiger partial charge on any atom is -0.380 e. The van der Waals surface area contributed by atoms with Gasteiger partial charge in [-0.1, -0.05) is 26.0 Å². The molecular weight excluding hydrogens is 248 g/mol. The van der Waals surface area contributed by atoms with Crippen LogP contribution in [-0.2, 0) is 13.6 Å². The Hall–Kier alpha value is -2.28. The van der Waals surface area contributed by atoms with Gasteiger partial charge in [0.05, 0.1) is 16.9 Å². The molecule has 0 aliphatic carbocycles. The standard InChI is InChI=1S/C16H20N4/c1-11(2)16-13(10-20(4)19-16)9-18-15-7-5-6-12(3)14(15)8-17/h5-7,10-11,18H,9H2,1-4H3. The van der Waals surface area contributed by atoms with Crippen molar-refractivity contribution in [2.75, 3.05) is 5.32 Å². The predicted molar refractivity (Wildman–Crippen MR) is 80.5 cm³/mol. The van der Waals surface area contributed by atoms with Gasteiger partial charge in [0.2, 0.25) is 0 Å². The second-order valence-corrected chi connectivity index (χ2v) is 5.33. The summed E-state index contributed by atoms with van der Waals surface area (Å²) in [7, 11) is 1.93. The van der Waals surface area contributed by atoms with Crippen LogP contribution >= 0.6 is 0 Å². The predicted octanol–water partition coefficient (Wildman–Crippen LogP) is 3.34. The van der Waals surface area contributed by atoms with Gasteiger partial charge in [-0.05, 0) is 24.5 Å². The van der Waals surface area contributed by atoms with Gasteiger partial charge in [-0.15, -0.1) is 0 Å². The van der Waals surface area contributed by atoms with E-state index in [2.05, 4.69) is 30.3 Å². The summed E-state index contributed by atoms with van der Waals surface area (Å²) in [5, 5.41) is 17.1. The molecule has 0 aliphatic heterocycles. The number of hydrogen-bond acceptors (Lipinski definition) is 3. The van der Waals surface area contributed by atoms with E-state index in [1.165, 1.54) is 5.56 Å². The molecule has 1 aromatic carbocycles. The maximum absolute atomic E-state index is 9.24. The Morgan fingerprint density at radius 2 is 2.15 bits per heavy atom. The molecule has 1 N–H and O–H groups in total. The fraction of sp³-hybridized carbons (Fsp3) is 0.375. The third-order valence-corrected chi connectivity index (χ3v) is 3.34. The lowest BCUT2D eigenvalue weighted by Crippen LogP contribution is -2.04. The Balaban J connectivity index is 2.22. The average Bonchev–Trinajstić information content (AvgIpc) is 2.78. The largest absolute Gasteiger partial charge is 0.380 e. The number of anilines is 1. The summed E-state index contributed by atoms with van der Waals surface area (Å²) >= 11 is 0. The monoisotopic (exact) mass is 268 g/mol. The SMILES string of the molecule is Cc1cccc(NCc2cn(C)nc2C(C)C)c1C#N. The number of aryl methyl sites for hydroxylation is 2. The maximum atomic E-state index is 9.24. The second-order valence-electron chi connectivity index (χ2n) is 5.33. The molecular formula is C16H20N4. The summed E-state index contributed by atoms with van der Waals surface area (Å²) in [5.74, 6) is 0.390. The van der Waals surface area contributed by atoms with Gasteiger partial charge in [-0.25, -0.2) is 0 Å². The minimum absolute atomic E-state index is 0.390. The Morgan fingerprint density at radius 3 is 2.80 bits per heavy atom. The molecule has 0 atom stereocenters. The molecule has 1 heterocycles. The van der Waals surface area contributed by atoms with Crippen LogP contribution in [0.2, 0.25) is 0 Å². The molecule has 4 heteroatoms. The normalized spacial score (nSPS) is 10.6. The van der Waals surface area contributed by atoms with Gasteiger partial charge in [0.15, 0.2) is 0 Å². The van der Waals surface area contributed by atoms with E-state index in [0.29, 0.717) is 18.0 Å². The Labute approximate surface area is 120 Å². The summed E-state index contributed by atoms with van der Waals surface area (Å²) in [5.41, 5.74) is 4.86. The number of rotatable bonds is 4. The van der Waals surface area contributed by atoms with E-state index < -0.39 is 0 Å². The molecule has 0 saturated carbocycles. The van der Waals surface area contributed by atoms with Crippen LogP contribution in [-0.4, -0.2) is 9.78 Å². The Bertz CT molecular complexity index is 647. The van der Waals surface area contributed by atoms with Crippen molar-refractivity contribution < 1.29 is 0 Å². The molecule has 0 bridgehead atoms. The number of nitrogens with zero attached hydrogens (tertiary/aromatic N) is 3. The zero-order chi connectivity index (χ0) is 14.7. The van der Waals surface area contributed by atoms with E-state index in [-0.39, 0.29) is 0 Å². The van der Waals surface area contributed by atoms with Crippen LogP contribution < -0.4 is 5.32 Å². The molecule has 1 aromatic heterocycles. The van der Waals surface area contributed by atoms with Gasteiger partial charge < -0.3 is 5.32 Å². The fourth-order valence-electron chi connectivity index (χ4n) is 2.33. The average molecular weight is 268 g/mol. The first-order valence-corrected chi connectivity index (χ1v) is 6.79. The zero-order valence-electron chi connectivity index (χ0n) is 12.4. The molecule has 2 aromatic rings. The Morgan fingerprint density at radius 1 is 1.40 bits per heavy atom. The molecule has 0 aliphatic rings. The van der Waals surface area contributed by atoms with Crippen molar-refractivity contribution >= 4 is 5.69 Å². The van der Waals surface area contributed by atoms with Crippen molar-refractivity contribution in [2.24, 2.45) is 7.05 Å². The lowest BCUT2D eigenvalue weighted by molar-refractivity contribution is 0.712. The third kappa shape index (κ3) is 2.83. The maximum Gasteiger partial charge on any atom is 0.102 e. The van der Waals surface area contributed by atoms with E-state index in [1.54, 1.807) is 0 Å². The van der Waals surface area contributed by atoms with Crippen molar-refractivity contribution in [1.29, 1.82) is 5.26 Å². The van der Waals surface area contributed by atoms with Gasteiger partial charge in [0, 0.05) is 25.4 Å². The van der Waals surface area contributed by atoms with E-state index in [4.69, 9.17) is 0 Å². The van der Waals surface area contributed by atoms with Crippen molar-refractivity contribution in [3.8, 4) is 6.07 Å². The molecule has 0 unspecified atom stereocenters. The van der Waals surface area contributed by atoms with E-state index in [0.717, 1.165) is 16.9 Å². The van der Waals surface area contributed by atoms with Crippen molar-refractivity contribution in [1.82, 2.24) is 9.78 Å². The Kier molecular flexibility index (Phi) is 4.09. The van der Waals surface area contributed by atoms with Crippen LogP contribution in [0.5, 0.6) is 0 Å². The van der Waals surface area contributed by atoms with Crippen LogP contribution in [0.3, 0.4) is 0 Å². The first-order chi connectivity index (χ1) is 9.52. The fourth-order valence-corrected chi connectivity index (χ4v) is 2.33. The topological polar surface area (TPSA) is 53.6 Å². The van der Waals surface area contributed by atoms with E-state index in [1.807, 2.05) is 43.0 Å². The molecule has 104 valence electrons. The molecule has 0 fully saturated rings.